The number of carbonyl (C=O) groups is 2. The van der Waals surface area contributed by atoms with Crippen LogP contribution in [0, 0.1) is 5.82 Å². The summed E-state index contributed by atoms with van der Waals surface area (Å²) < 4.78 is 13.2. The van der Waals surface area contributed by atoms with Crippen molar-refractivity contribution < 1.29 is 14.0 Å². The fourth-order valence-electron chi connectivity index (χ4n) is 2.73. The number of thioether (sulfide) groups is 1. The molecule has 0 aliphatic rings. The van der Waals surface area contributed by atoms with E-state index in [9.17, 15) is 14.0 Å². The molecule has 2 aromatic carbocycles. The van der Waals surface area contributed by atoms with Gasteiger partial charge in [0, 0.05) is 23.9 Å². The van der Waals surface area contributed by atoms with Gasteiger partial charge in [0.15, 0.2) is 0 Å². The lowest BCUT2D eigenvalue weighted by molar-refractivity contribution is -0.138. The predicted octanol–water partition coefficient (Wildman–Crippen LogP) is 4.66. The van der Waals surface area contributed by atoms with Crippen LogP contribution in [0.25, 0.3) is 0 Å². The summed E-state index contributed by atoms with van der Waals surface area (Å²) in [5.41, 5.74) is 1.81. The first-order chi connectivity index (χ1) is 13.9. The number of benzene rings is 2. The number of rotatable bonds is 10. The average molecular weight is 437 g/mol. The highest BCUT2D eigenvalue weighted by molar-refractivity contribution is 7.99. The Balaban J connectivity index is 2.04. The normalized spacial score (nSPS) is 11.7. The van der Waals surface area contributed by atoms with E-state index in [1.165, 1.54) is 23.9 Å². The van der Waals surface area contributed by atoms with Crippen LogP contribution in [0.15, 0.2) is 48.5 Å². The number of hydrogen-bond donors (Lipinski definition) is 1. The van der Waals surface area contributed by atoms with Gasteiger partial charge in [-0.1, -0.05) is 42.8 Å². The van der Waals surface area contributed by atoms with Gasteiger partial charge in [-0.25, -0.2) is 4.39 Å². The van der Waals surface area contributed by atoms with Crippen LogP contribution >= 0.6 is 23.4 Å². The van der Waals surface area contributed by atoms with Gasteiger partial charge in [-0.05, 0) is 48.7 Å². The van der Waals surface area contributed by atoms with Crippen molar-refractivity contribution in [1.82, 2.24) is 10.2 Å². The van der Waals surface area contributed by atoms with Crippen LogP contribution in [0.4, 0.5) is 4.39 Å². The number of nitrogens with one attached hydrogen (secondary N) is 1. The molecular weight excluding hydrogens is 411 g/mol. The molecule has 0 fully saturated rings. The summed E-state index contributed by atoms with van der Waals surface area (Å²) in [5, 5.41) is 3.50. The van der Waals surface area contributed by atoms with E-state index in [2.05, 4.69) is 5.32 Å². The Morgan fingerprint density at radius 1 is 1.17 bits per heavy atom. The molecule has 156 valence electrons. The van der Waals surface area contributed by atoms with Crippen molar-refractivity contribution in [3.05, 3.63) is 70.5 Å². The lowest BCUT2D eigenvalue weighted by Gasteiger charge is -2.28. The van der Waals surface area contributed by atoms with Gasteiger partial charge in [0.25, 0.3) is 0 Å². The molecule has 0 bridgehead atoms. The van der Waals surface area contributed by atoms with Crippen molar-refractivity contribution in [2.45, 2.75) is 38.6 Å². The second-order valence-corrected chi connectivity index (χ2v) is 8.16. The van der Waals surface area contributed by atoms with E-state index in [1.54, 1.807) is 24.0 Å². The predicted molar refractivity (Wildman–Crippen MR) is 117 cm³/mol. The zero-order chi connectivity index (χ0) is 21.2. The fourth-order valence-corrected chi connectivity index (χ4v) is 3.80. The Kier molecular flexibility index (Phi) is 9.48. The van der Waals surface area contributed by atoms with Crippen LogP contribution < -0.4 is 5.32 Å². The van der Waals surface area contributed by atoms with E-state index in [4.69, 9.17) is 11.6 Å². The van der Waals surface area contributed by atoms with E-state index in [0.717, 1.165) is 17.5 Å². The van der Waals surface area contributed by atoms with Gasteiger partial charge in [0.05, 0.1) is 5.75 Å². The third kappa shape index (κ3) is 7.71. The van der Waals surface area contributed by atoms with Gasteiger partial charge in [0.1, 0.15) is 11.9 Å². The minimum Gasteiger partial charge on any atom is -0.354 e. The summed E-state index contributed by atoms with van der Waals surface area (Å²) in [6.45, 7) is 4.50. The third-order valence-electron chi connectivity index (χ3n) is 4.37. The van der Waals surface area contributed by atoms with E-state index in [-0.39, 0.29) is 29.9 Å². The van der Waals surface area contributed by atoms with Gasteiger partial charge in [-0.15, -0.1) is 11.8 Å². The second kappa shape index (κ2) is 11.8. The molecule has 0 saturated heterocycles. The van der Waals surface area contributed by atoms with Crippen LogP contribution in [0.3, 0.4) is 0 Å². The van der Waals surface area contributed by atoms with E-state index < -0.39 is 6.04 Å². The number of carbonyl (C=O) groups excluding carboxylic acids is 2. The van der Waals surface area contributed by atoms with Crippen LogP contribution in [-0.2, 0) is 21.9 Å². The molecule has 7 heteroatoms. The topological polar surface area (TPSA) is 49.4 Å². The maximum Gasteiger partial charge on any atom is 0.242 e. The molecule has 4 nitrogen and oxygen atoms in total. The molecule has 0 aliphatic carbocycles. The first-order valence-electron chi connectivity index (χ1n) is 9.54. The van der Waals surface area contributed by atoms with Crippen molar-refractivity contribution in [3.8, 4) is 0 Å². The Morgan fingerprint density at radius 2 is 1.90 bits per heavy atom. The lowest BCUT2D eigenvalue weighted by atomic mass is 10.1. The monoisotopic (exact) mass is 436 g/mol. The third-order valence-corrected chi connectivity index (χ3v) is 5.59. The van der Waals surface area contributed by atoms with Crippen LogP contribution in [-0.4, -0.2) is 35.1 Å². The van der Waals surface area contributed by atoms with E-state index >= 15 is 0 Å². The Labute approximate surface area is 180 Å². The zero-order valence-electron chi connectivity index (χ0n) is 16.7. The molecule has 0 unspecified atom stereocenters. The largest absolute Gasteiger partial charge is 0.354 e. The van der Waals surface area contributed by atoms with Crippen molar-refractivity contribution in [2.24, 2.45) is 0 Å². The van der Waals surface area contributed by atoms with Crippen LogP contribution in [0.5, 0.6) is 0 Å². The van der Waals surface area contributed by atoms with Crippen molar-refractivity contribution in [2.75, 3.05) is 12.3 Å². The van der Waals surface area contributed by atoms with Gasteiger partial charge in [0.2, 0.25) is 11.8 Å². The molecule has 0 saturated carbocycles. The number of amides is 2. The van der Waals surface area contributed by atoms with Gasteiger partial charge < -0.3 is 10.2 Å². The Bertz CT molecular complexity index is 817. The maximum atomic E-state index is 13.2. The molecule has 0 radical (unpaired) electrons. The minimum absolute atomic E-state index is 0.138. The minimum atomic E-state index is -0.620. The first kappa shape index (κ1) is 23.2. The number of hydrogen-bond acceptors (Lipinski definition) is 3. The molecule has 0 aliphatic heterocycles. The molecule has 0 spiro atoms. The summed E-state index contributed by atoms with van der Waals surface area (Å²) in [6.07, 6.45) is 0.819. The Hall–Kier alpha value is -2.05. The summed E-state index contributed by atoms with van der Waals surface area (Å²) in [5.74, 6) is 0.215. The molecular formula is C22H26ClFN2O2S. The second-order valence-electron chi connectivity index (χ2n) is 6.74. The van der Waals surface area contributed by atoms with Crippen LogP contribution in [0.2, 0.25) is 5.02 Å². The summed E-state index contributed by atoms with van der Waals surface area (Å²) >= 11 is 7.47. The highest BCUT2D eigenvalue weighted by Crippen LogP contribution is 2.18. The van der Waals surface area contributed by atoms with Crippen molar-refractivity contribution in [1.29, 1.82) is 0 Å². The summed E-state index contributed by atoms with van der Waals surface area (Å²) in [6, 6.07) is 12.9. The van der Waals surface area contributed by atoms with E-state index in [1.807, 2.05) is 31.2 Å². The molecule has 0 heterocycles. The Morgan fingerprint density at radius 3 is 2.55 bits per heavy atom. The molecule has 29 heavy (non-hydrogen) atoms. The first-order valence-corrected chi connectivity index (χ1v) is 11.1. The van der Waals surface area contributed by atoms with Crippen LogP contribution in [0.1, 0.15) is 31.4 Å². The number of halogens is 2. The number of nitrogens with zero attached hydrogens (tertiary/aromatic N) is 1. The maximum absolute atomic E-state index is 13.2. The molecule has 0 aromatic heterocycles. The van der Waals surface area contributed by atoms with E-state index in [0.29, 0.717) is 17.3 Å². The smallest absolute Gasteiger partial charge is 0.242 e. The highest BCUT2D eigenvalue weighted by atomic mass is 35.5. The molecule has 2 amide bonds. The van der Waals surface area contributed by atoms with Crippen molar-refractivity contribution >= 4 is 35.2 Å². The molecule has 1 N–H and O–H groups in total. The standard InChI is InChI=1S/C22H26ClFN2O2S/c1-3-11-25-22(28)16(2)26(13-17-7-9-20(24)10-8-17)21(27)15-29-14-18-5-4-6-19(23)12-18/h4-10,12,16H,3,11,13-15H2,1-2H3,(H,25,28)/t16-/m1/s1. The average Bonchev–Trinajstić information content (AvgIpc) is 2.71. The SMILES string of the molecule is CCCNC(=O)[C@@H](C)N(Cc1ccc(F)cc1)C(=O)CSCc1cccc(Cl)c1. The molecule has 1 atom stereocenters. The van der Waals surface area contributed by atoms with Gasteiger partial charge in [-0.3, -0.25) is 9.59 Å². The fraction of sp³-hybridized carbons (Fsp3) is 0.364. The zero-order valence-corrected chi connectivity index (χ0v) is 18.2. The quantitative estimate of drug-likeness (QED) is 0.589. The summed E-state index contributed by atoms with van der Waals surface area (Å²) in [4.78, 5) is 26.9. The van der Waals surface area contributed by atoms with Gasteiger partial charge in [-0.2, -0.15) is 0 Å². The molecule has 2 rings (SSSR count). The highest BCUT2D eigenvalue weighted by Gasteiger charge is 2.25. The van der Waals surface area contributed by atoms with Crippen molar-refractivity contribution in [3.63, 3.8) is 0 Å². The molecule has 2 aromatic rings. The summed E-state index contributed by atoms with van der Waals surface area (Å²) in [7, 11) is 0. The van der Waals surface area contributed by atoms with Gasteiger partial charge >= 0.3 is 0 Å². The lowest BCUT2D eigenvalue weighted by Crippen LogP contribution is -2.48.